The molecule has 27 heavy (non-hydrogen) atoms. The lowest BCUT2D eigenvalue weighted by Crippen LogP contribution is -2.46. The van der Waals surface area contributed by atoms with Gasteiger partial charge >= 0.3 is 0 Å². The Morgan fingerprint density at radius 3 is 2.59 bits per heavy atom. The van der Waals surface area contributed by atoms with Crippen molar-refractivity contribution in [3.05, 3.63) is 51.7 Å². The van der Waals surface area contributed by atoms with Crippen molar-refractivity contribution in [3.8, 4) is 11.5 Å². The van der Waals surface area contributed by atoms with Gasteiger partial charge in [0.1, 0.15) is 0 Å². The van der Waals surface area contributed by atoms with E-state index >= 15 is 0 Å². The van der Waals surface area contributed by atoms with E-state index in [1.807, 2.05) is 37.3 Å². The molecule has 1 heterocycles. The van der Waals surface area contributed by atoms with Gasteiger partial charge in [-0.2, -0.15) is 0 Å². The maximum atomic E-state index is 11.8. The van der Waals surface area contributed by atoms with E-state index in [0.29, 0.717) is 23.2 Å². The summed E-state index contributed by atoms with van der Waals surface area (Å²) >= 11 is 6.78. The van der Waals surface area contributed by atoms with E-state index in [-0.39, 0.29) is 5.91 Å². The van der Waals surface area contributed by atoms with Crippen LogP contribution in [0.15, 0.2) is 36.4 Å². The summed E-state index contributed by atoms with van der Waals surface area (Å²) in [5.41, 5.74) is 6.29. The first-order valence-electron chi connectivity index (χ1n) is 8.31. The SMILES string of the molecule is COc1ccc(CCNC(=S)NNC(=O)/C=C/c2ccc(C)s2)cc1OC. The van der Waals surface area contributed by atoms with Gasteiger partial charge in [-0.05, 0) is 61.5 Å². The highest BCUT2D eigenvalue weighted by atomic mass is 32.1. The molecule has 2 rings (SSSR count). The van der Waals surface area contributed by atoms with Gasteiger partial charge in [0.2, 0.25) is 0 Å². The molecule has 1 aromatic carbocycles. The van der Waals surface area contributed by atoms with E-state index in [9.17, 15) is 4.79 Å². The topological polar surface area (TPSA) is 71.6 Å². The molecule has 0 saturated heterocycles. The largest absolute Gasteiger partial charge is 0.493 e. The zero-order valence-electron chi connectivity index (χ0n) is 15.5. The monoisotopic (exact) mass is 405 g/mol. The van der Waals surface area contributed by atoms with Crippen LogP contribution in [0.3, 0.4) is 0 Å². The summed E-state index contributed by atoms with van der Waals surface area (Å²) in [7, 11) is 3.21. The van der Waals surface area contributed by atoms with Gasteiger partial charge in [-0.1, -0.05) is 6.07 Å². The molecule has 0 bridgehead atoms. The molecule has 144 valence electrons. The van der Waals surface area contributed by atoms with Gasteiger partial charge in [-0.25, -0.2) is 0 Å². The van der Waals surface area contributed by atoms with Crippen LogP contribution in [-0.4, -0.2) is 31.8 Å². The standard InChI is InChI=1S/C19H23N3O3S2/c1-13-4-6-15(27-13)7-9-18(23)21-22-19(26)20-11-10-14-5-8-16(24-2)17(12-14)25-3/h4-9,12H,10-11H2,1-3H3,(H,21,23)(H2,20,22,26)/b9-7+. The number of carbonyl (C=O) groups excluding carboxylic acids is 1. The lowest BCUT2D eigenvalue weighted by molar-refractivity contribution is -0.116. The minimum Gasteiger partial charge on any atom is -0.493 e. The van der Waals surface area contributed by atoms with Crippen molar-refractivity contribution >= 4 is 40.7 Å². The second-order valence-electron chi connectivity index (χ2n) is 5.59. The fourth-order valence-corrected chi connectivity index (χ4v) is 3.19. The second kappa shape index (κ2) is 10.5. The lowest BCUT2D eigenvalue weighted by Gasteiger charge is -2.12. The van der Waals surface area contributed by atoms with Crippen molar-refractivity contribution in [3.63, 3.8) is 0 Å². The molecule has 0 atom stereocenters. The minimum atomic E-state index is -0.273. The van der Waals surface area contributed by atoms with E-state index in [0.717, 1.165) is 16.9 Å². The number of nitrogens with one attached hydrogen (secondary N) is 3. The van der Waals surface area contributed by atoms with Gasteiger partial charge in [-0.3, -0.25) is 15.6 Å². The maximum absolute atomic E-state index is 11.8. The van der Waals surface area contributed by atoms with Crippen molar-refractivity contribution in [1.29, 1.82) is 0 Å². The Bertz CT molecular complexity index is 818. The number of carbonyl (C=O) groups is 1. The van der Waals surface area contributed by atoms with Gasteiger partial charge in [-0.15, -0.1) is 11.3 Å². The fourth-order valence-electron chi connectivity index (χ4n) is 2.26. The molecule has 1 amide bonds. The first-order chi connectivity index (χ1) is 13.0. The second-order valence-corrected chi connectivity index (χ2v) is 7.32. The fraction of sp³-hybridized carbons (Fsp3) is 0.263. The number of hydrogen-bond acceptors (Lipinski definition) is 5. The number of ether oxygens (including phenoxy) is 2. The third-order valence-electron chi connectivity index (χ3n) is 3.61. The van der Waals surface area contributed by atoms with Crippen LogP contribution in [0, 0.1) is 6.92 Å². The van der Waals surface area contributed by atoms with Crippen LogP contribution in [0.2, 0.25) is 0 Å². The third-order valence-corrected chi connectivity index (χ3v) is 4.82. The number of thiocarbonyl (C=S) groups is 1. The summed E-state index contributed by atoms with van der Waals surface area (Å²) in [5.74, 6) is 1.11. The number of amides is 1. The van der Waals surface area contributed by atoms with Crippen molar-refractivity contribution in [2.24, 2.45) is 0 Å². The predicted octanol–water partition coefficient (Wildman–Crippen LogP) is 2.82. The smallest absolute Gasteiger partial charge is 0.262 e. The summed E-state index contributed by atoms with van der Waals surface area (Å²) in [6.45, 7) is 2.64. The highest BCUT2D eigenvalue weighted by Gasteiger charge is 2.05. The van der Waals surface area contributed by atoms with Gasteiger partial charge in [0.05, 0.1) is 14.2 Å². The van der Waals surface area contributed by atoms with Crippen LogP contribution in [0.1, 0.15) is 15.3 Å². The van der Waals surface area contributed by atoms with Crippen LogP contribution in [0.25, 0.3) is 6.08 Å². The first kappa shape index (κ1) is 20.7. The zero-order valence-corrected chi connectivity index (χ0v) is 17.1. The van der Waals surface area contributed by atoms with Crippen LogP contribution in [-0.2, 0) is 11.2 Å². The summed E-state index contributed by atoms with van der Waals surface area (Å²) in [6.07, 6.45) is 3.97. The van der Waals surface area contributed by atoms with E-state index < -0.39 is 0 Å². The molecule has 1 aromatic heterocycles. The highest BCUT2D eigenvalue weighted by Crippen LogP contribution is 2.27. The molecule has 0 fully saturated rings. The van der Waals surface area contributed by atoms with E-state index in [1.54, 1.807) is 31.6 Å². The molecule has 6 nitrogen and oxygen atoms in total. The van der Waals surface area contributed by atoms with Crippen LogP contribution >= 0.6 is 23.6 Å². The van der Waals surface area contributed by atoms with Crippen LogP contribution in [0.4, 0.5) is 0 Å². The summed E-state index contributed by atoms with van der Waals surface area (Å²) in [5, 5.41) is 3.39. The predicted molar refractivity (Wildman–Crippen MR) is 113 cm³/mol. The molecule has 0 aliphatic carbocycles. The molecule has 2 aromatic rings. The number of aryl methyl sites for hydroxylation is 1. The number of methoxy groups -OCH3 is 2. The summed E-state index contributed by atoms with van der Waals surface area (Å²) in [4.78, 5) is 14.0. The quantitative estimate of drug-likeness (QED) is 0.374. The molecule has 0 aliphatic heterocycles. The van der Waals surface area contributed by atoms with E-state index in [2.05, 4.69) is 16.2 Å². The van der Waals surface area contributed by atoms with Crippen molar-refractivity contribution in [1.82, 2.24) is 16.2 Å². The third kappa shape index (κ3) is 6.92. The van der Waals surface area contributed by atoms with Crippen molar-refractivity contribution in [2.45, 2.75) is 13.3 Å². The molecular formula is C19H23N3O3S2. The normalized spacial score (nSPS) is 10.5. The molecule has 0 saturated carbocycles. The Morgan fingerprint density at radius 2 is 1.93 bits per heavy atom. The Hall–Kier alpha value is -2.58. The summed E-state index contributed by atoms with van der Waals surface area (Å²) < 4.78 is 10.5. The van der Waals surface area contributed by atoms with E-state index in [4.69, 9.17) is 21.7 Å². The van der Waals surface area contributed by atoms with Gasteiger partial charge < -0.3 is 14.8 Å². The molecule has 0 radical (unpaired) electrons. The van der Waals surface area contributed by atoms with Crippen LogP contribution < -0.4 is 25.6 Å². The average Bonchev–Trinajstić information content (AvgIpc) is 3.09. The molecule has 0 aliphatic rings. The number of rotatable bonds is 7. The molecule has 3 N–H and O–H groups in total. The number of hydrogen-bond donors (Lipinski definition) is 3. The van der Waals surface area contributed by atoms with Gasteiger partial charge in [0.15, 0.2) is 16.6 Å². The van der Waals surface area contributed by atoms with Gasteiger partial charge in [0, 0.05) is 22.4 Å². The summed E-state index contributed by atoms with van der Waals surface area (Å²) in [6, 6.07) is 9.75. The van der Waals surface area contributed by atoms with Crippen LogP contribution in [0.5, 0.6) is 11.5 Å². The highest BCUT2D eigenvalue weighted by molar-refractivity contribution is 7.80. The molecule has 0 spiro atoms. The first-order valence-corrected chi connectivity index (χ1v) is 9.53. The van der Waals surface area contributed by atoms with E-state index in [1.165, 1.54) is 11.0 Å². The number of thiophene rings is 1. The Morgan fingerprint density at radius 1 is 1.15 bits per heavy atom. The number of hydrazine groups is 1. The Kier molecular flexibility index (Phi) is 8.09. The molecule has 0 unspecified atom stereocenters. The Balaban J connectivity index is 1.70. The van der Waals surface area contributed by atoms with Crippen molar-refractivity contribution in [2.75, 3.05) is 20.8 Å². The average molecular weight is 406 g/mol. The Labute approximate surface area is 168 Å². The molecule has 8 heteroatoms. The lowest BCUT2D eigenvalue weighted by atomic mass is 10.1. The maximum Gasteiger partial charge on any atom is 0.262 e. The minimum absolute atomic E-state index is 0.273. The number of benzene rings is 1. The van der Waals surface area contributed by atoms with Crippen molar-refractivity contribution < 1.29 is 14.3 Å². The zero-order chi connectivity index (χ0) is 19.6. The van der Waals surface area contributed by atoms with Gasteiger partial charge in [0.25, 0.3) is 5.91 Å². The molecular weight excluding hydrogens is 382 g/mol.